The van der Waals surface area contributed by atoms with E-state index >= 15 is 0 Å². The summed E-state index contributed by atoms with van der Waals surface area (Å²) < 4.78 is 1.92. The summed E-state index contributed by atoms with van der Waals surface area (Å²) in [5.41, 5.74) is 0.775. The van der Waals surface area contributed by atoms with Gasteiger partial charge < -0.3 is 5.11 Å². The molecule has 3 rings (SSSR count). The van der Waals surface area contributed by atoms with Crippen molar-refractivity contribution in [1.29, 1.82) is 0 Å². The topological polar surface area (TPSA) is 67.5 Å². The lowest BCUT2D eigenvalue weighted by Gasteiger charge is -2.25. The first-order valence-corrected chi connectivity index (χ1v) is 6.75. The summed E-state index contributed by atoms with van der Waals surface area (Å²) in [5.74, 6) is 0.106. The molecule has 1 saturated carbocycles. The SMILES string of the molecule is O=C(O)C1CCCC(c2ncc3c(Cl)nccn23)C1. The maximum atomic E-state index is 11.1. The number of aromatic nitrogens is 3. The van der Waals surface area contributed by atoms with Gasteiger partial charge in [-0.15, -0.1) is 0 Å². The van der Waals surface area contributed by atoms with Crippen molar-refractivity contribution in [2.75, 3.05) is 0 Å². The summed E-state index contributed by atoms with van der Waals surface area (Å²) in [6, 6.07) is 0. The Balaban J connectivity index is 1.96. The largest absolute Gasteiger partial charge is 0.481 e. The van der Waals surface area contributed by atoms with Crippen LogP contribution < -0.4 is 0 Å². The number of fused-ring (bicyclic) bond motifs is 1. The number of carbonyl (C=O) groups is 1. The van der Waals surface area contributed by atoms with E-state index < -0.39 is 5.97 Å². The number of rotatable bonds is 2. The van der Waals surface area contributed by atoms with Crippen LogP contribution in [0.1, 0.15) is 37.4 Å². The van der Waals surface area contributed by atoms with E-state index in [0.717, 1.165) is 30.6 Å². The maximum absolute atomic E-state index is 11.1. The summed E-state index contributed by atoms with van der Waals surface area (Å²) in [6.07, 6.45) is 8.48. The Bertz CT molecular complexity index is 625. The Labute approximate surface area is 115 Å². The second kappa shape index (κ2) is 4.81. The number of imidazole rings is 1. The molecule has 6 heteroatoms. The maximum Gasteiger partial charge on any atom is 0.306 e. The van der Waals surface area contributed by atoms with Crippen LogP contribution in [-0.2, 0) is 4.79 Å². The highest BCUT2D eigenvalue weighted by atomic mass is 35.5. The van der Waals surface area contributed by atoms with E-state index in [1.165, 1.54) is 0 Å². The van der Waals surface area contributed by atoms with E-state index in [4.69, 9.17) is 16.7 Å². The predicted octanol–water partition coefficient (Wildman–Crippen LogP) is 2.74. The fourth-order valence-electron chi connectivity index (χ4n) is 2.87. The van der Waals surface area contributed by atoms with Crippen molar-refractivity contribution < 1.29 is 9.90 Å². The number of aliphatic carboxylic acids is 1. The molecule has 0 aromatic carbocycles. The number of carboxylic acids is 1. The van der Waals surface area contributed by atoms with Gasteiger partial charge in [0.25, 0.3) is 0 Å². The molecule has 2 aromatic rings. The van der Waals surface area contributed by atoms with Crippen molar-refractivity contribution in [1.82, 2.24) is 14.4 Å². The zero-order valence-electron chi connectivity index (χ0n) is 10.3. The lowest BCUT2D eigenvalue weighted by atomic mass is 9.81. The molecule has 1 aliphatic rings. The summed E-state index contributed by atoms with van der Waals surface area (Å²) in [7, 11) is 0. The fourth-order valence-corrected chi connectivity index (χ4v) is 3.06. The molecule has 0 bridgehead atoms. The van der Waals surface area contributed by atoms with Crippen LogP contribution in [0.4, 0.5) is 0 Å². The standard InChI is InChI=1S/C13H14ClN3O2/c14-11-10-7-16-12(17(10)5-4-15-11)8-2-1-3-9(6-8)13(18)19/h4-5,7-9H,1-3,6H2,(H,18,19). The molecule has 19 heavy (non-hydrogen) atoms. The van der Waals surface area contributed by atoms with Crippen molar-refractivity contribution in [3.05, 3.63) is 29.6 Å². The van der Waals surface area contributed by atoms with Gasteiger partial charge in [0, 0.05) is 18.3 Å². The monoisotopic (exact) mass is 279 g/mol. The summed E-state index contributed by atoms with van der Waals surface area (Å²) >= 11 is 6.02. The Morgan fingerprint density at radius 2 is 2.26 bits per heavy atom. The van der Waals surface area contributed by atoms with E-state index in [0.29, 0.717) is 11.6 Å². The first kappa shape index (κ1) is 12.4. The van der Waals surface area contributed by atoms with Gasteiger partial charge in [-0.3, -0.25) is 9.20 Å². The van der Waals surface area contributed by atoms with E-state index in [2.05, 4.69) is 9.97 Å². The average Bonchev–Trinajstić information content (AvgIpc) is 2.84. The molecule has 0 radical (unpaired) electrons. The Morgan fingerprint density at radius 3 is 3.05 bits per heavy atom. The lowest BCUT2D eigenvalue weighted by molar-refractivity contribution is -0.143. The van der Waals surface area contributed by atoms with Gasteiger partial charge in [-0.2, -0.15) is 0 Å². The molecule has 1 aliphatic carbocycles. The van der Waals surface area contributed by atoms with Crippen LogP contribution in [0, 0.1) is 5.92 Å². The lowest BCUT2D eigenvalue weighted by Crippen LogP contribution is -2.22. The molecule has 2 heterocycles. The van der Waals surface area contributed by atoms with E-state index in [-0.39, 0.29) is 11.8 Å². The van der Waals surface area contributed by atoms with Gasteiger partial charge in [0.1, 0.15) is 11.3 Å². The molecule has 2 atom stereocenters. The van der Waals surface area contributed by atoms with E-state index in [1.54, 1.807) is 12.4 Å². The van der Waals surface area contributed by atoms with Crippen LogP contribution in [0.25, 0.3) is 5.52 Å². The zero-order valence-corrected chi connectivity index (χ0v) is 11.0. The third-order valence-corrected chi connectivity index (χ3v) is 4.12. The molecule has 0 aliphatic heterocycles. The molecule has 100 valence electrons. The number of hydrogen-bond donors (Lipinski definition) is 1. The van der Waals surface area contributed by atoms with Crippen molar-refractivity contribution in [2.45, 2.75) is 31.6 Å². The third-order valence-electron chi connectivity index (χ3n) is 3.83. The van der Waals surface area contributed by atoms with E-state index in [1.807, 2.05) is 10.6 Å². The van der Waals surface area contributed by atoms with Crippen LogP contribution in [0.5, 0.6) is 0 Å². The Hall–Kier alpha value is -1.62. The molecule has 2 unspecified atom stereocenters. The summed E-state index contributed by atoms with van der Waals surface area (Å²) in [6.45, 7) is 0. The minimum absolute atomic E-state index is 0.177. The van der Waals surface area contributed by atoms with Crippen molar-refractivity contribution in [3.8, 4) is 0 Å². The van der Waals surface area contributed by atoms with Crippen molar-refractivity contribution >= 4 is 23.1 Å². The number of nitrogens with zero attached hydrogens (tertiary/aromatic N) is 3. The molecule has 0 amide bonds. The highest BCUT2D eigenvalue weighted by molar-refractivity contribution is 6.32. The minimum atomic E-state index is -0.703. The van der Waals surface area contributed by atoms with Crippen LogP contribution in [-0.4, -0.2) is 25.4 Å². The Kier molecular flexibility index (Phi) is 3.14. The van der Waals surface area contributed by atoms with Gasteiger partial charge in [0.05, 0.1) is 12.1 Å². The minimum Gasteiger partial charge on any atom is -0.481 e. The van der Waals surface area contributed by atoms with Crippen molar-refractivity contribution in [2.24, 2.45) is 5.92 Å². The highest BCUT2D eigenvalue weighted by Crippen LogP contribution is 2.36. The first-order valence-electron chi connectivity index (χ1n) is 6.37. The molecule has 1 fully saturated rings. The highest BCUT2D eigenvalue weighted by Gasteiger charge is 2.30. The quantitative estimate of drug-likeness (QED) is 0.918. The van der Waals surface area contributed by atoms with Gasteiger partial charge in [-0.05, 0) is 19.3 Å². The van der Waals surface area contributed by atoms with E-state index in [9.17, 15) is 4.79 Å². The smallest absolute Gasteiger partial charge is 0.306 e. The molecular formula is C13H14ClN3O2. The first-order chi connectivity index (χ1) is 9.16. The van der Waals surface area contributed by atoms with Crippen LogP contribution >= 0.6 is 11.6 Å². The summed E-state index contributed by atoms with van der Waals surface area (Å²) in [5, 5.41) is 9.58. The van der Waals surface area contributed by atoms with Crippen molar-refractivity contribution in [3.63, 3.8) is 0 Å². The van der Waals surface area contributed by atoms with Gasteiger partial charge in [0.2, 0.25) is 0 Å². The fraction of sp³-hybridized carbons (Fsp3) is 0.462. The summed E-state index contributed by atoms with van der Waals surface area (Å²) in [4.78, 5) is 19.6. The van der Waals surface area contributed by atoms with Crippen LogP contribution in [0.3, 0.4) is 0 Å². The molecule has 2 aromatic heterocycles. The van der Waals surface area contributed by atoms with Gasteiger partial charge in [0.15, 0.2) is 5.15 Å². The average molecular weight is 280 g/mol. The second-order valence-electron chi connectivity index (χ2n) is 4.99. The zero-order chi connectivity index (χ0) is 13.4. The van der Waals surface area contributed by atoms with Gasteiger partial charge in [-0.25, -0.2) is 9.97 Å². The molecule has 0 saturated heterocycles. The molecule has 1 N–H and O–H groups in total. The number of carboxylic acid groups (broad SMARTS) is 1. The molecular weight excluding hydrogens is 266 g/mol. The normalized spacial score (nSPS) is 23.6. The number of halogens is 1. The Morgan fingerprint density at radius 1 is 1.42 bits per heavy atom. The van der Waals surface area contributed by atoms with Crippen LogP contribution in [0.2, 0.25) is 5.15 Å². The molecule has 5 nitrogen and oxygen atoms in total. The van der Waals surface area contributed by atoms with Crippen LogP contribution in [0.15, 0.2) is 18.6 Å². The van der Waals surface area contributed by atoms with Gasteiger partial charge in [-0.1, -0.05) is 18.0 Å². The predicted molar refractivity (Wildman–Crippen MR) is 70.3 cm³/mol. The van der Waals surface area contributed by atoms with Gasteiger partial charge >= 0.3 is 5.97 Å². The third kappa shape index (κ3) is 2.18. The second-order valence-corrected chi connectivity index (χ2v) is 5.35. The molecule has 0 spiro atoms. The number of hydrogen-bond acceptors (Lipinski definition) is 3.